The third-order valence-electron chi connectivity index (χ3n) is 5.87. The second-order valence-corrected chi connectivity index (χ2v) is 9.80. The molecule has 0 fully saturated rings. The number of rotatable bonds is 8. The summed E-state index contributed by atoms with van der Waals surface area (Å²) in [5, 5.41) is 18.2. The van der Waals surface area contributed by atoms with Crippen LogP contribution in [0.4, 0.5) is 5.69 Å². The summed E-state index contributed by atoms with van der Waals surface area (Å²) in [4.78, 5) is 4.75. The number of para-hydroxylation sites is 2. The fraction of sp³-hybridized carbons (Fsp3) is 0.308. The highest BCUT2D eigenvalue weighted by molar-refractivity contribution is 7.99. The molecule has 0 spiro atoms. The van der Waals surface area contributed by atoms with E-state index in [9.17, 15) is 0 Å². The first kappa shape index (κ1) is 23.6. The van der Waals surface area contributed by atoms with Crippen molar-refractivity contribution in [1.29, 1.82) is 0 Å². The van der Waals surface area contributed by atoms with E-state index in [2.05, 4.69) is 22.4 Å². The zero-order valence-corrected chi connectivity index (χ0v) is 21.3. The maximum Gasteiger partial charge on any atom is 0.247 e. The Labute approximate surface area is 214 Å². The molecule has 9 heteroatoms. The number of aromatic nitrogens is 5. The van der Waals surface area contributed by atoms with Crippen LogP contribution in [-0.2, 0) is 0 Å². The van der Waals surface area contributed by atoms with Crippen LogP contribution < -0.4 is 10.1 Å². The summed E-state index contributed by atoms with van der Waals surface area (Å²) in [5.74, 6) is 1.38. The summed E-state index contributed by atoms with van der Waals surface area (Å²) in [7, 11) is 0. The van der Waals surface area contributed by atoms with Gasteiger partial charge in [-0.1, -0.05) is 85.9 Å². The Bertz CT molecular complexity index is 1310. The third kappa shape index (κ3) is 4.99. The molecule has 3 heterocycles. The summed E-state index contributed by atoms with van der Waals surface area (Å²) < 4.78 is 8.17. The molecule has 1 atom stereocenters. The Morgan fingerprint density at radius 2 is 1.83 bits per heavy atom. The Morgan fingerprint density at radius 3 is 2.66 bits per heavy atom. The molecule has 1 N–H and O–H groups in total. The second-order valence-electron chi connectivity index (χ2n) is 8.38. The number of ether oxygens (including phenoxy) is 1. The number of unbranched alkanes of at least 4 members (excludes halogenated alkanes) is 3. The number of nitrogens with zero attached hydrogens (tertiary/aromatic N) is 5. The van der Waals surface area contributed by atoms with Crippen LogP contribution in [0, 0.1) is 6.92 Å². The molecule has 0 amide bonds. The van der Waals surface area contributed by atoms with Crippen LogP contribution in [0.15, 0.2) is 59.8 Å². The molecule has 7 nitrogen and oxygen atoms in total. The first-order valence-electron chi connectivity index (χ1n) is 11.9. The van der Waals surface area contributed by atoms with Crippen molar-refractivity contribution in [2.24, 2.45) is 0 Å². The van der Waals surface area contributed by atoms with E-state index in [1.54, 1.807) is 16.4 Å². The monoisotopic (exact) mass is 506 g/mol. The van der Waals surface area contributed by atoms with Gasteiger partial charge >= 0.3 is 0 Å². The van der Waals surface area contributed by atoms with Crippen molar-refractivity contribution in [2.75, 3.05) is 11.1 Å². The van der Waals surface area contributed by atoms with Gasteiger partial charge in [-0.15, -0.1) is 10.2 Å². The van der Waals surface area contributed by atoms with Gasteiger partial charge in [-0.25, -0.2) is 4.68 Å². The number of anilines is 1. The van der Waals surface area contributed by atoms with Crippen molar-refractivity contribution >= 4 is 29.1 Å². The Morgan fingerprint density at radius 1 is 1.03 bits per heavy atom. The van der Waals surface area contributed by atoms with E-state index in [4.69, 9.17) is 26.4 Å². The highest BCUT2D eigenvalue weighted by Crippen LogP contribution is 2.41. The van der Waals surface area contributed by atoms with Crippen molar-refractivity contribution in [1.82, 2.24) is 25.0 Å². The van der Waals surface area contributed by atoms with Crippen LogP contribution in [0.1, 0.15) is 50.1 Å². The standard InChI is InChI=1S/C26H27ClN6OS/c1-3-4-5-11-16-35-26-29-25-22(30-31-26)19-14-9-10-15-20(19)28-24(34-25)21-17(2)32-33(23(21)27)18-12-7-6-8-13-18/h6-10,12-15,24,28H,3-5,11,16H2,1-2H3. The Kier molecular flexibility index (Phi) is 7.20. The third-order valence-corrected chi connectivity index (χ3v) is 7.16. The first-order chi connectivity index (χ1) is 17.2. The van der Waals surface area contributed by atoms with Gasteiger partial charge in [-0.05, 0) is 31.5 Å². The van der Waals surface area contributed by atoms with Gasteiger partial charge in [0.25, 0.3) is 0 Å². The molecule has 2 aromatic heterocycles. The minimum Gasteiger partial charge on any atom is -0.447 e. The molecule has 1 aliphatic rings. The second kappa shape index (κ2) is 10.7. The lowest BCUT2D eigenvalue weighted by molar-refractivity contribution is 0.224. The van der Waals surface area contributed by atoms with Gasteiger partial charge in [0.15, 0.2) is 5.69 Å². The average Bonchev–Trinajstić information content (AvgIpc) is 3.08. The van der Waals surface area contributed by atoms with Gasteiger partial charge < -0.3 is 10.1 Å². The average molecular weight is 507 g/mol. The molecule has 0 saturated heterocycles. The largest absolute Gasteiger partial charge is 0.447 e. The summed E-state index contributed by atoms with van der Waals surface area (Å²) >= 11 is 8.48. The Balaban J connectivity index is 1.50. The number of fused-ring (bicyclic) bond motifs is 3. The van der Waals surface area contributed by atoms with Crippen LogP contribution in [0.5, 0.6) is 5.88 Å². The fourth-order valence-electron chi connectivity index (χ4n) is 4.08. The van der Waals surface area contributed by atoms with Gasteiger partial charge in [0.2, 0.25) is 17.3 Å². The minimum absolute atomic E-state index is 0.432. The zero-order valence-electron chi connectivity index (χ0n) is 19.7. The molecule has 180 valence electrons. The molecule has 1 unspecified atom stereocenters. The van der Waals surface area contributed by atoms with E-state index in [1.807, 2.05) is 61.5 Å². The van der Waals surface area contributed by atoms with Crippen molar-refractivity contribution < 1.29 is 4.74 Å². The van der Waals surface area contributed by atoms with Gasteiger partial charge in [0.05, 0.1) is 16.9 Å². The number of hydrogen-bond donors (Lipinski definition) is 1. The van der Waals surface area contributed by atoms with Crippen LogP contribution in [0.25, 0.3) is 16.9 Å². The first-order valence-corrected chi connectivity index (χ1v) is 13.2. The predicted molar refractivity (Wildman–Crippen MR) is 140 cm³/mol. The molecule has 0 saturated carbocycles. The summed E-state index contributed by atoms with van der Waals surface area (Å²) in [6.45, 7) is 4.14. The number of halogens is 1. The van der Waals surface area contributed by atoms with E-state index in [0.29, 0.717) is 21.9 Å². The molecule has 5 rings (SSSR count). The lowest BCUT2D eigenvalue weighted by atomic mass is 10.1. The van der Waals surface area contributed by atoms with Crippen LogP contribution in [-0.4, -0.2) is 30.7 Å². The summed E-state index contributed by atoms with van der Waals surface area (Å²) in [5.41, 5.74) is 4.77. The molecule has 0 aliphatic carbocycles. The SMILES string of the molecule is CCCCCCSc1nnc2c(n1)OC(c1c(C)nn(-c3ccccc3)c1Cl)Nc1ccccc1-2. The molecule has 0 bridgehead atoms. The molecule has 35 heavy (non-hydrogen) atoms. The number of aryl methyl sites for hydroxylation is 1. The minimum atomic E-state index is -0.596. The maximum absolute atomic E-state index is 6.87. The fourth-order valence-corrected chi connectivity index (χ4v) is 5.23. The molecular weight excluding hydrogens is 480 g/mol. The van der Waals surface area contributed by atoms with E-state index in [1.165, 1.54) is 19.3 Å². The van der Waals surface area contributed by atoms with Crippen LogP contribution in [0.2, 0.25) is 5.15 Å². The zero-order chi connectivity index (χ0) is 24.2. The van der Waals surface area contributed by atoms with Crippen molar-refractivity contribution in [3.63, 3.8) is 0 Å². The van der Waals surface area contributed by atoms with E-state index < -0.39 is 6.23 Å². The van der Waals surface area contributed by atoms with Crippen LogP contribution in [0.3, 0.4) is 0 Å². The Hall–Kier alpha value is -3.10. The number of hydrogen-bond acceptors (Lipinski definition) is 7. The highest BCUT2D eigenvalue weighted by Gasteiger charge is 2.31. The summed E-state index contributed by atoms with van der Waals surface area (Å²) in [6.07, 6.45) is 4.20. The van der Waals surface area contributed by atoms with E-state index in [0.717, 1.165) is 40.4 Å². The summed E-state index contributed by atoms with van der Waals surface area (Å²) in [6, 6.07) is 17.7. The molecular formula is C26H27ClN6OS. The van der Waals surface area contributed by atoms with Gasteiger partial charge in [0, 0.05) is 17.0 Å². The van der Waals surface area contributed by atoms with Crippen molar-refractivity contribution in [3.8, 4) is 22.8 Å². The van der Waals surface area contributed by atoms with Gasteiger partial charge in [0.1, 0.15) is 5.15 Å². The maximum atomic E-state index is 6.87. The lowest BCUT2D eigenvalue weighted by Gasteiger charge is -2.19. The van der Waals surface area contributed by atoms with Crippen molar-refractivity contribution in [2.45, 2.75) is 50.9 Å². The molecule has 0 radical (unpaired) electrons. The number of benzene rings is 2. The smallest absolute Gasteiger partial charge is 0.247 e. The molecule has 1 aliphatic heterocycles. The van der Waals surface area contributed by atoms with Crippen LogP contribution >= 0.6 is 23.4 Å². The molecule has 2 aromatic carbocycles. The lowest BCUT2D eigenvalue weighted by Crippen LogP contribution is -2.18. The van der Waals surface area contributed by atoms with E-state index in [-0.39, 0.29) is 0 Å². The van der Waals surface area contributed by atoms with Gasteiger partial charge in [-0.3, -0.25) is 0 Å². The highest BCUT2D eigenvalue weighted by atomic mass is 35.5. The topological polar surface area (TPSA) is 77.8 Å². The van der Waals surface area contributed by atoms with Gasteiger partial charge in [-0.2, -0.15) is 10.1 Å². The predicted octanol–water partition coefficient (Wildman–Crippen LogP) is 6.86. The van der Waals surface area contributed by atoms with E-state index >= 15 is 0 Å². The normalized spacial score (nSPS) is 14.4. The molecule has 4 aromatic rings. The van der Waals surface area contributed by atoms with Crippen molar-refractivity contribution in [3.05, 3.63) is 71.0 Å². The quantitative estimate of drug-likeness (QED) is 0.206. The number of nitrogens with one attached hydrogen (secondary N) is 1. The number of thioether (sulfide) groups is 1.